The molecule has 11 heteroatoms. The van der Waals surface area contributed by atoms with Gasteiger partial charge in [0.1, 0.15) is 17.9 Å². The van der Waals surface area contributed by atoms with E-state index in [9.17, 15) is 14.7 Å². The van der Waals surface area contributed by atoms with Crippen molar-refractivity contribution < 1.29 is 33.9 Å². The van der Waals surface area contributed by atoms with Crippen molar-refractivity contribution in [2.75, 3.05) is 18.1 Å². The fourth-order valence-electron chi connectivity index (χ4n) is 5.18. The third-order valence-corrected chi connectivity index (χ3v) is 9.30. The summed E-state index contributed by atoms with van der Waals surface area (Å²) in [5.41, 5.74) is 9.27. The number of amides is 1. The lowest BCUT2D eigenvalue weighted by Crippen LogP contribution is -2.41. The molecule has 0 radical (unpaired) electrons. The van der Waals surface area contributed by atoms with Gasteiger partial charge in [-0.3, -0.25) is 4.79 Å². The molecule has 9 nitrogen and oxygen atoms in total. The first-order chi connectivity index (χ1) is 24.6. The number of carbonyl (C=O) groups is 2. The van der Waals surface area contributed by atoms with Gasteiger partial charge in [-0.1, -0.05) is 133 Å². The number of nitrogens with one attached hydrogen (secondary N) is 1. The van der Waals surface area contributed by atoms with Gasteiger partial charge in [-0.2, -0.15) is 0 Å². The van der Waals surface area contributed by atoms with Crippen LogP contribution in [0.2, 0.25) is 5.02 Å². The monoisotopic (exact) mass is 832 g/mol. The summed E-state index contributed by atoms with van der Waals surface area (Å²) < 4.78 is 12.0. The summed E-state index contributed by atoms with van der Waals surface area (Å²) in [5.74, 6) is -1.02. The summed E-state index contributed by atoms with van der Waals surface area (Å²) >= 11 is 8.52. The lowest BCUT2D eigenvalue weighted by Gasteiger charge is -2.26. The molecule has 0 heterocycles. The first-order valence-electron chi connectivity index (χ1n) is 17.1. The molecule has 3 unspecified atom stereocenters. The summed E-state index contributed by atoms with van der Waals surface area (Å²) in [6.07, 6.45) is 8.43. The number of aliphatic carboxylic acids is 1. The SMILES string of the molecule is COc1ccc(CC(NC(=O)/C=C/C[C@H](OOC(CC(C)C)OCC[C@H](N)Cc2ccccc2)C(/C=C/c2ccccc2)CI)C(=O)O)cc1Cl. The van der Waals surface area contributed by atoms with Gasteiger partial charge in [-0.25, -0.2) is 14.6 Å². The number of nitrogens with two attached hydrogens (primary N) is 1. The molecule has 0 saturated heterocycles. The highest BCUT2D eigenvalue weighted by Crippen LogP contribution is 2.26. The normalized spacial score (nSPS) is 14.7. The molecule has 5 atom stereocenters. The van der Waals surface area contributed by atoms with Crippen molar-refractivity contribution in [3.05, 3.63) is 119 Å². The van der Waals surface area contributed by atoms with Crippen LogP contribution in [0.5, 0.6) is 5.75 Å². The van der Waals surface area contributed by atoms with Crippen LogP contribution in [-0.2, 0) is 36.9 Å². The van der Waals surface area contributed by atoms with Crippen LogP contribution in [0.15, 0.2) is 97.1 Å². The van der Waals surface area contributed by atoms with Gasteiger partial charge in [0.25, 0.3) is 0 Å². The molecule has 4 N–H and O–H groups in total. The topological polar surface area (TPSA) is 129 Å². The first-order valence-corrected chi connectivity index (χ1v) is 19.0. The zero-order chi connectivity index (χ0) is 37.0. The van der Waals surface area contributed by atoms with Crippen LogP contribution in [0.1, 0.15) is 49.8 Å². The number of carboxylic acids is 1. The Morgan fingerprint density at radius 1 is 0.980 bits per heavy atom. The minimum atomic E-state index is -1.16. The average Bonchev–Trinajstić information content (AvgIpc) is 3.10. The van der Waals surface area contributed by atoms with Crippen molar-refractivity contribution in [2.24, 2.45) is 17.6 Å². The maximum Gasteiger partial charge on any atom is 0.326 e. The number of rotatable bonds is 23. The Labute approximate surface area is 320 Å². The van der Waals surface area contributed by atoms with E-state index >= 15 is 0 Å². The largest absolute Gasteiger partial charge is 0.495 e. The highest BCUT2D eigenvalue weighted by Gasteiger charge is 2.24. The van der Waals surface area contributed by atoms with E-state index in [2.05, 4.69) is 60.0 Å². The molecule has 3 rings (SSSR count). The smallest absolute Gasteiger partial charge is 0.326 e. The molecule has 3 aromatic rings. The Kier molecular flexibility index (Phi) is 19.3. The van der Waals surface area contributed by atoms with Crippen molar-refractivity contribution in [1.82, 2.24) is 5.32 Å². The second kappa shape index (κ2) is 23.3. The maximum atomic E-state index is 12.9. The van der Waals surface area contributed by atoms with Gasteiger partial charge < -0.3 is 25.6 Å². The molecule has 0 aliphatic carbocycles. The van der Waals surface area contributed by atoms with Crippen LogP contribution < -0.4 is 15.8 Å². The van der Waals surface area contributed by atoms with E-state index in [4.69, 9.17) is 36.6 Å². The Hall–Kier alpha value is -3.26. The van der Waals surface area contributed by atoms with Crippen molar-refractivity contribution in [1.29, 1.82) is 0 Å². The quantitative estimate of drug-likeness (QED) is 0.0220. The lowest BCUT2D eigenvalue weighted by atomic mass is 10.00. The van der Waals surface area contributed by atoms with Gasteiger partial charge >= 0.3 is 5.97 Å². The molecule has 0 bridgehead atoms. The number of carboxylic acid groups (broad SMARTS) is 1. The van der Waals surface area contributed by atoms with Crippen LogP contribution in [0.3, 0.4) is 0 Å². The van der Waals surface area contributed by atoms with E-state index in [-0.39, 0.29) is 24.3 Å². The molecule has 0 saturated carbocycles. The van der Waals surface area contributed by atoms with Gasteiger partial charge in [0, 0.05) is 29.2 Å². The van der Waals surface area contributed by atoms with Crippen molar-refractivity contribution in [2.45, 2.75) is 70.4 Å². The minimum absolute atomic E-state index is 0.0494. The molecule has 0 aromatic heterocycles. The minimum Gasteiger partial charge on any atom is -0.495 e. The van der Waals surface area contributed by atoms with Gasteiger partial charge in [0.05, 0.1) is 18.7 Å². The van der Waals surface area contributed by atoms with Gasteiger partial charge in [0.15, 0.2) is 6.29 Å². The molecule has 0 aliphatic rings. The summed E-state index contributed by atoms with van der Waals surface area (Å²) in [5, 5.41) is 12.7. The number of alkyl halides is 1. The van der Waals surface area contributed by atoms with Gasteiger partial charge in [-0.15, -0.1) is 0 Å². The summed E-state index contributed by atoms with van der Waals surface area (Å²) in [7, 11) is 1.50. The maximum absolute atomic E-state index is 12.9. The highest BCUT2D eigenvalue weighted by atomic mass is 127. The number of hydrogen-bond donors (Lipinski definition) is 3. The molecule has 51 heavy (non-hydrogen) atoms. The van der Waals surface area contributed by atoms with Crippen molar-refractivity contribution in [3.63, 3.8) is 0 Å². The summed E-state index contributed by atoms with van der Waals surface area (Å²) in [4.78, 5) is 37.0. The van der Waals surface area contributed by atoms with Crippen LogP contribution in [0.4, 0.5) is 0 Å². The first kappa shape index (κ1) is 42.2. The fraction of sp³-hybridized carbons (Fsp3) is 0.400. The van der Waals surface area contributed by atoms with Crippen LogP contribution in [-0.4, -0.2) is 59.6 Å². The third kappa shape index (κ3) is 16.3. The molecule has 276 valence electrons. The molecular weight excluding hydrogens is 783 g/mol. The Morgan fingerprint density at radius 3 is 2.31 bits per heavy atom. The molecule has 0 spiro atoms. The Balaban J connectivity index is 1.66. The average molecular weight is 833 g/mol. The molecule has 1 amide bonds. The number of ether oxygens (including phenoxy) is 2. The van der Waals surface area contributed by atoms with Crippen molar-refractivity contribution >= 4 is 52.1 Å². The number of carbonyl (C=O) groups excluding carboxylic acids is 1. The standard InChI is InChI=1S/C40H50ClIN2O7/c1-28(2)23-39(49-22-21-33(43)24-30-13-8-5-9-14-30)51-50-36(32(27-42)19-17-29-11-6-4-7-12-29)15-10-16-38(45)44-35(40(46)47)26-31-18-20-37(48-3)34(41)25-31/h4-14,16-20,25,28,32-33,35-36,39H,15,21-24,26-27,43H2,1-3H3,(H,44,45)(H,46,47)/b16-10+,19-17+/t32?,33-,35?,36-,39?/m0/s1. The number of hydrogen-bond acceptors (Lipinski definition) is 7. The van der Waals surface area contributed by atoms with Crippen LogP contribution >= 0.6 is 34.2 Å². The third-order valence-electron chi connectivity index (χ3n) is 7.98. The van der Waals surface area contributed by atoms with E-state index < -0.39 is 30.3 Å². The van der Waals surface area contributed by atoms with E-state index in [1.165, 1.54) is 18.7 Å². The van der Waals surface area contributed by atoms with Gasteiger partial charge in [-0.05, 0) is 60.1 Å². The summed E-state index contributed by atoms with van der Waals surface area (Å²) in [6.45, 7) is 4.59. The van der Waals surface area contributed by atoms with Crippen LogP contribution in [0, 0.1) is 11.8 Å². The Morgan fingerprint density at radius 2 is 1.69 bits per heavy atom. The number of halogens is 2. The molecule has 3 aromatic carbocycles. The Bertz CT molecular complexity index is 1520. The number of benzene rings is 3. The van der Waals surface area contributed by atoms with E-state index in [0.29, 0.717) is 46.6 Å². The van der Waals surface area contributed by atoms with E-state index in [1.54, 1.807) is 24.3 Å². The predicted molar refractivity (Wildman–Crippen MR) is 211 cm³/mol. The highest BCUT2D eigenvalue weighted by molar-refractivity contribution is 14.1. The number of methoxy groups -OCH3 is 1. The predicted octanol–water partition coefficient (Wildman–Crippen LogP) is 7.84. The molecule has 0 aliphatic heterocycles. The second-order valence-corrected chi connectivity index (χ2v) is 14.0. The van der Waals surface area contributed by atoms with Gasteiger partial charge in [0.2, 0.25) is 5.91 Å². The van der Waals surface area contributed by atoms with E-state index in [1.807, 2.05) is 54.6 Å². The zero-order valence-electron chi connectivity index (χ0n) is 29.5. The van der Waals surface area contributed by atoms with Crippen LogP contribution in [0.25, 0.3) is 6.08 Å². The van der Waals surface area contributed by atoms with E-state index in [0.717, 1.165) is 12.0 Å². The summed E-state index contributed by atoms with van der Waals surface area (Å²) in [6, 6.07) is 23.9. The second-order valence-electron chi connectivity index (χ2n) is 12.7. The van der Waals surface area contributed by atoms with Crippen molar-refractivity contribution in [3.8, 4) is 5.75 Å². The zero-order valence-corrected chi connectivity index (χ0v) is 32.4. The molecular formula is C40H50ClIN2O7. The fourth-order valence-corrected chi connectivity index (χ4v) is 6.32. The molecule has 0 fully saturated rings. The lowest BCUT2D eigenvalue weighted by molar-refractivity contribution is -0.404.